The molecule has 0 spiro atoms. The number of hydroxylamine groups is 2. The first-order valence-electron chi connectivity index (χ1n) is 5.97. The van der Waals surface area contributed by atoms with Crippen molar-refractivity contribution in [2.75, 3.05) is 6.61 Å². The number of amides is 2. The number of esters is 1. The molecule has 0 bridgehead atoms. The number of nitrogens with zero attached hydrogens (tertiary/aromatic N) is 2. The average Bonchev–Trinajstić information content (AvgIpc) is 2.96. The van der Waals surface area contributed by atoms with Crippen LogP contribution in [0.4, 0.5) is 0 Å². The van der Waals surface area contributed by atoms with E-state index in [0.717, 1.165) is 0 Å². The van der Waals surface area contributed by atoms with Gasteiger partial charge in [0.1, 0.15) is 25.0 Å². The summed E-state index contributed by atoms with van der Waals surface area (Å²) in [7, 11) is 0. The number of hydrogen-bond acceptors (Lipinski definition) is 8. The Hall–Kier alpha value is -1.67. The zero-order valence-corrected chi connectivity index (χ0v) is 13.7. The van der Waals surface area contributed by atoms with E-state index in [1.165, 1.54) is 0 Å². The molecule has 2 fully saturated rings. The van der Waals surface area contributed by atoms with Crippen LogP contribution in [0.25, 0.3) is 0 Å². The summed E-state index contributed by atoms with van der Waals surface area (Å²) in [6, 6.07) is 0.451. The van der Waals surface area contributed by atoms with Crippen molar-refractivity contribution >= 4 is 23.8 Å². The first kappa shape index (κ1) is 18.4. The zero-order chi connectivity index (χ0) is 15.6. The van der Waals surface area contributed by atoms with Crippen molar-refractivity contribution in [3.8, 4) is 6.07 Å². The second-order valence-electron chi connectivity index (χ2n) is 4.43. The number of carboxylic acids is 1. The zero-order valence-electron chi connectivity index (χ0n) is 11.7. The van der Waals surface area contributed by atoms with E-state index >= 15 is 0 Å². The molecular formula is C11H10N3NaO7. The molecule has 22 heavy (non-hydrogen) atoms. The van der Waals surface area contributed by atoms with E-state index in [1.807, 2.05) is 0 Å². The van der Waals surface area contributed by atoms with Crippen molar-refractivity contribution in [3.63, 3.8) is 0 Å². The molecule has 112 valence electrons. The molecule has 2 heterocycles. The fourth-order valence-electron chi connectivity index (χ4n) is 2.06. The first-order valence-corrected chi connectivity index (χ1v) is 5.97. The smallest absolute Gasteiger partial charge is 0.544 e. The summed E-state index contributed by atoms with van der Waals surface area (Å²) in [6.07, 6.45) is -0.963. The van der Waals surface area contributed by atoms with Crippen molar-refractivity contribution in [2.45, 2.75) is 31.0 Å². The molecular weight excluding hydrogens is 309 g/mol. The van der Waals surface area contributed by atoms with Crippen LogP contribution in [-0.4, -0.2) is 47.2 Å². The third-order valence-corrected chi connectivity index (χ3v) is 3.04. The maximum atomic E-state index is 12.1. The molecule has 0 saturated carbocycles. The van der Waals surface area contributed by atoms with Gasteiger partial charge in [-0.3, -0.25) is 19.2 Å². The topological polar surface area (TPSA) is 149 Å². The second-order valence-corrected chi connectivity index (χ2v) is 4.43. The number of hydrogen-bond donors (Lipinski definition) is 1. The monoisotopic (exact) mass is 319 g/mol. The Bertz CT molecular complexity index is 560. The predicted octanol–water partition coefficient (Wildman–Crippen LogP) is -6.05. The number of cyclic esters (lactones) is 1. The van der Waals surface area contributed by atoms with Gasteiger partial charge in [0, 0.05) is 6.42 Å². The number of carbonyl (C=O) groups is 4. The van der Waals surface area contributed by atoms with Gasteiger partial charge in [-0.2, -0.15) is 10.3 Å². The Morgan fingerprint density at radius 1 is 1.50 bits per heavy atom. The summed E-state index contributed by atoms with van der Waals surface area (Å²) < 4.78 is 4.68. The summed E-state index contributed by atoms with van der Waals surface area (Å²) >= 11 is 0. The van der Waals surface area contributed by atoms with E-state index in [2.05, 4.69) is 10.1 Å². The molecule has 10 nitrogen and oxygen atoms in total. The summed E-state index contributed by atoms with van der Waals surface area (Å²) in [6.45, 7) is -0.331. The maximum Gasteiger partial charge on any atom is 1.00 e. The second kappa shape index (κ2) is 7.06. The summed E-state index contributed by atoms with van der Waals surface area (Å²) in [5, 5.41) is 22.2. The predicted molar refractivity (Wildman–Crippen MR) is 58.0 cm³/mol. The SMILES string of the molecule is N#CCC(=O)N[C@H]1CON(C2(C(=O)[O-])CCC(=O)O2)C1=O.[Na+]. The molecule has 2 amide bonds. The Kier molecular flexibility index (Phi) is 5.90. The van der Waals surface area contributed by atoms with Crippen molar-refractivity contribution in [2.24, 2.45) is 0 Å². The van der Waals surface area contributed by atoms with Gasteiger partial charge in [0.05, 0.1) is 12.5 Å². The maximum absolute atomic E-state index is 12.1. The van der Waals surface area contributed by atoms with E-state index in [9.17, 15) is 24.3 Å². The van der Waals surface area contributed by atoms with Gasteiger partial charge in [0.2, 0.25) is 5.91 Å². The number of rotatable bonds is 4. The standard InChI is InChI=1S/C11H11N3O7.Na/c12-4-2-7(15)13-6-5-20-14(9(6)17)11(10(18)19)3-1-8(16)21-11;/h6H,1-3,5H2,(H,13,15)(H,18,19);/q;+1/p-1/t6-,11?;/m0./s1. The number of carbonyl (C=O) groups excluding carboxylic acids is 4. The number of ether oxygens (including phenoxy) is 1. The van der Waals surface area contributed by atoms with Gasteiger partial charge in [0.25, 0.3) is 11.6 Å². The van der Waals surface area contributed by atoms with E-state index in [0.29, 0.717) is 5.06 Å². The van der Waals surface area contributed by atoms with E-state index in [1.54, 1.807) is 6.07 Å². The molecule has 2 aliphatic heterocycles. The number of aliphatic carboxylic acids is 1. The van der Waals surface area contributed by atoms with Crippen LogP contribution in [0.3, 0.4) is 0 Å². The molecule has 1 N–H and O–H groups in total. The largest absolute Gasteiger partial charge is 1.00 e. The van der Waals surface area contributed by atoms with Gasteiger partial charge in [-0.05, 0) is 0 Å². The van der Waals surface area contributed by atoms with Gasteiger partial charge in [-0.15, -0.1) is 0 Å². The molecule has 0 aromatic carbocycles. The third-order valence-electron chi connectivity index (χ3n) is 3.04. The van der Waals surface area contributed by atoms with Gasteiger partial charge in [-0.25, -0.2) is 0 Å². The van der Waals surface area contributed by atoms with Crippen LogP contribution in [0.15, 0.2) is 0 Å². The quantitative estimate of drug-likeness (QED) is 0.397. The minimum Gasteiger partial charge on any atom is -0.544 e. The summed E-state index contributed by atoms with van der Waals surface area (Å²) in [5.74, 6) is -4.18. The molecule has 0 radical (unpaired) electrons. The number of nitriles is 1. The van der Waals surface area contributed by atoms with E-state index < -0.39 is 41.9 Å². The minimum atomic E-state index is -2.32. The Morgan fingerprint density at radius 3 is 2.68 bits per heavy atom. The van der Waals surface area contributed by atoms with Crippen LogP contribution in [0, 0.1) is 11.3 Å². The molecule has 2 rings (SSSR count). The van der Waals surface area contributed by atoms with Gasteiger partial charge < -0.3 is 20.0 Å². The Morgan fingerprint density at radius 2 is 2.18 bits per heavy atom. The van der Waals surface area contributed by atoms with Gasteiger partial charge in [-0.1, -0.05) is 0 Å². The van der Waals surface area contributed by atoms with Crippen LogP contribution in [-0.2, 0) is 28.8 Å². The van der Waals surface area contributed by atoms with Gasteiger partial charge in [0.15, 0.2) is 0 Å². The van der Waals surface area contributed by atoms with E-state index in [-0.39, 0.29) is 49.0 Å². The normalized spacial score (nSPS) is 26.9. The van der Waals surface area contributed by atoms with Crippen molar-refractivity contribution in [1.29, 1.82) is 5.26 Å². The fraction of sp³-hybridized carbons (Fsp3) is 0.545. The Labute approximate surface area is 146 Å². The van der Waals surface area contributed by atoms with Crippen LogP contribution < -0.4 is 40.0 Å². The Balaban J connectivity index is 0.00000242. The van der Waals surface area contributed by atoms with Crippen molar-refractivity contribution in [1.82, 2.24) is 10.4 Å². The molecule has 1 unspecified atom stereocenters. The van der Waals surface area contributed by atoms with Crippen LogP contribution in [0.5, 0.6) is 0 Å². The van der Waals surface area contributed by atoms with Crippen LogP contribution in [0.1, 0.15) is 19.3 Å². The third kappa shape index (κ3) is 3.22. The molecule has 2 atom stereocenters. The van der Waals surface area contributed by atoms with Crippen molar-refractivity contribution < 1.29 is 63.4 Å². The summed E-state index contributed by atoms with van der Waals surface area (Å²) in [5.41, 5.74) is -2.32. The molecule has 2 aliphatic rings. The molecule has 0 aliphatic carbocycles. The fourth-order valence-corrected chi connectivity index (χ4v) is 2.06. The molecule has 11 heteroatoms. The van der Waals surface area contributed by atoms with Gasteiger partial charge >= 0.3 is 35.5 Å². The van der Waals surface area contributed by atoms with E-state index in [4.69, 9.17) is 10.1 Å². The van der Waals surface area contributed by atoms with Crippen LogP contribution >= 0.6 is 0 Å². The van der Waals surface area contributed by atoms with Crippen molar-refractivity contribution in [3.05, 3.63) is 0 Å². The first-order chi connectivity index (χ1) is 9.90. The summed E-state index contributed by atoms with van der Waals surface area (Å²) in [4.78, 5) is 50.7. The number of carboxylic acid groups (broad SMARTS) is 1. The van der Waals surface area contributed by atoms with Crippen LogP contribution in [0.2, 0.25) is 0 Å². The average molecular weight is 319 g/mol. The molecule has 2 saturated heterocycles. The molecule has 0 aromatic rings. The number of nitrogens with one attached hydrogen (secondary N) is 1. The minimum absolute atomic E-state index is 0. The molecule has 0 aromatic heterocycles.